The third-order valence-corrected chi connectivity index (χ3v) is 4.55. The van der Waals surface area contributed by atoms with E-state index in [2.05, 4.69) is 10.6 Å². The molecule has 1 heterocycles. The lowest BCUT2D eigenvalue weighted by atomic mass is 9.88. The van der Waals surface area contributed by atoms with Gasteiger partial charge in [0.25, 0.3) is 0 Å². The second kappa shape index (κ2) is 5.39. The van der Waals surface area contributed by atoms with Crippen LogP contribution in [0.3, 0.4) is 0 Å². The van der Waals surface area contributed by atoms with Crippen LogP contribution in [0.4, 0.5) is 16.2 Å². The van der Waals surface area contributed by atoms with Crippen LogP contribution in [0.15, 0.2) is 24.3 Å². The molecule has 3 rings (SSSR count). The van der Waals surface area contributed by atoms with Crippen molar-refractivity contribution < 1.29 is 9.59 Å². The summed E-state index contributed by atoms with van der Waals surface area (Å²) in [6.45, 7) is 3.40. The van der Waals surface area contributed by atoms with Crippen LogP contribution in [0.5, 0.6) is 0 Å². The van der Waals surface area contributed by atoms with Gasteiger partial charge in [0, 0.05) is 29.9 Å². The van der Waals surface area contributed by atoms with Crippen molar-refractivity contribution in [3.8, 4) is 0 Å². The van der Waals surface area contributed by atoms with Crippen LogP contribution in [-0.2, 0) is 4.79 Å². The van der Waals surface area contributed by atoms with E-state index in [1.54, 1.807) is 4.90 Å². The Hall–Kier alpha value is -2.04. The molecule has 2 N–H and O–H groups in total. The molecular weight excluding hydrogens is 266 g/mol. The maximum Gasteiger partial charge on any atom is 0.321 e. The second-order valence-corrected chi connectivity index (χ2v) is 6.15. The first-order valence-corrected chi connectivity index (χ1v) is 7.55. The molecule has 0 aromatic heterocycles. The Morgan fingerprint density at radius 3 is 2.48 bits per heavy atom. The molecule has 1 aliphatic carbocycles. The molecule has 5 heteroatoms. The van der Waals surface area contributed by atoms with Crippen molar-refractivity contribution in [2.75, 3.05) is 23.3 Å². The molecule has 21 heavy (non-hydrogen) atoms. The summed E-state index contributed by atoms with van der Waals surface area (Å²) in [7, 11) is 0. The zero-order valence-corrected chi connectivity index (χ0v) is 12.3. The third kappa shape index (κ3) is 2.73. The van der Waals surface area contributed by atoms with Gasteiger partial charge in [0.2, 0.25) is 5.91 Å². The van der Waals surface area contributed by atoms with E-state index < -0.39 is 0 Å². The average Bonchev–Trinajstić information content (AvgIpc) is 3.09. The molecule has 0 atom stereocenters. The van der Waals surface area contributed by atoms with Crippen molar-refractivity contribution in [3.05, 3.63) is 24.3 Å². The summed E-state index contributed by atoms with van der Waals surface area (Å²) in [5.74, 6) is 0.103. The number of carbonyl (C=O) groups is 2. The first kappa shape index (κ1) is 13.9. The van der Waals surface area contributed by atoms with Gasteiger partial charge < -0.3 is 10.6 Å². The lowest BCUT2D eigenvalue weighted by molar-refractivity contribution is -0.124. The monoisotopic (exact) mass is 287 g/mol. The molecule has 112 valence electrons. The van der Waals surface area contributed by atoms with E-state index in [4.69, 9.17) is 0 Å². The summed E-state index contributed by atoms with van der Waals surface area (Å²) < 4.78 is 0. The predicted molar refractivity (Wildman–Crippen MR) is 82.4 cm³/mol. The van der Waals surface area contributed by atoms with Gasteiger partial charge in [-0.05, 0) is 37.1 Å². The lowest BCUT2D eigenvalue weighted by Crippen LogP contribution is -2.31. The summed E-state index contributed by atoms with van der Waals surface area (Å²) in [6, 6.07) is 7.40. The van der Waals surface area contributed by atoms with Crippen LogP contribution in [0.2, 0.25) is 0 Å². The second-order valence-electron chi connectivity index (χ2n) is 6.15. The molecule has 2 aliphatic rings. The molecule has 1 saturated carbocycles. The minimum Gasteiger partial charge on any atom is -0.336 e. The van der Waals surface area contributed by atoms with Crippen LogP contribution >= 0.6 is 0 Å². The number of rotatable bonds is 3. The third-order valence-electron chi connectivity index (χ3n) is 4.55. The molecule has 1 aromatic rings. The van der Waals surface area contributed by atoms with Crippen LogP contribution < -0.4 is 15.5 Å². The molecule has 0 unspecified atom stereocenters. The molecule has 1 saturated heterocycles. The van der Waals surface area contributed by atoms with Gasteiger partial charge in [0.1, 0.15) is 0 Å². The minimum absolute atomic E-state index is 0.0646. The summed E-state index contributed by atoms with van der Waals surface area (Å²) in [6.07, 6.45) is 4.19. The van der Waals surface area contributed by atoms with E-state index in [0.717, 1.165) is 37.1 Å². The smallest absolute Gasteiger partial charge is 0.321 e. The molecular formula is C16H21N3O2. The summed E-state index contributed by atoms with van der Waals surface area (Å²) >= 11 is 0. The van der Waals surface area contributed by atoms with E-state index in [0.29, 0.717) is 13.1 Å². The van der Waals surface area contributed by atoms with Gasteiger partial charge in [0.05, 0.1) is 0 Å². The molecule has 0 bridgehead atoms. The van der Waals surface area contributed by atoms with Crippen LogP contribution in [0, 0.1) is 5.41 Å². The zero-order chi connectivity index (χ0) is 14.9. The number of anilines is 2. The van der Waals surface area contributed by atoms with E-state index in [1.807, 2.05) is 31.2 Å². The molecule has 0 spiro atoms. The van der Waals surface area contributed by atoms with Gasteiger partial charge in [-0.15, -0.1) is 0 Å². The highest BCUT2D eigenvalue weighted by molar-refractivity contribution is 5.96. The molecule has 5 nitrogen and oxygen atoms in total. The fourth-order valence-corrected chi connectivity index (χ4v) is 3.11. The highest BCUT2D eigenvalue weighted by atomic mass is 16.2. The predicted octanol–water partition coefficient (Wildman–Crippen LogP) is 2.74. The van der Waals surface area contributed by atoms with Crippen LogP contribution in [-0.4, -0.2) is 25.0 Å². The molecule has 0 radical (unpaired) electrons. The summed E-state index contributed by atoms with van der Waals surface area (Å²) in [4.78, 5) is 25.6. The number of carbonyl (C=O) groups excluding carboxylic acids is 2. The Bertz CT molecular complexity index is 547. The Labute approximate surface area is 124 Å². The van der Waals surface area contributed by atoms with E-state index in [1.165, 1.54) is 0 Å². The zero-order valence-electron chi connectivity index (χ0n) is 12.3. The van der Waals surface area contributed by atoms with Gasteiger partial charge in [0.15, 0.2) is 0 Å². The largest absolute Gasteiger partial charge is 0.336 e. The SMILES string of the molecule is CC1(C(=O)Nc2ccc(N3CCNC3=O)cc2)CCCC1. The quantitative estimate of drug-likeness (QED) is 0.898. The Morgan fingerprint density at radius 1 is 1.24 bits per heavy atom. The van der Waals surface area contributed by atoms with Crippen molar-refractivity contribution >= 4 is 23.3 Å². The fourth-order valence-electron chi connectivity index (χ4n) is 3.11. The Kier molecular flexibility index (Phi) is 3.57. The fraction of sp³-hybridized carbons (Fsp3) is 0.500. The van der Waals surface area contributed by atoms with Gasteiger partial charge in [-0.1, -0.05) is 19.8 Å². The van der Waals surface area contributed by atoms with Crippen molar-refractivity contribution in [3.63, 3.8) is 0 Å². The normalized spacial score (nSPS) is 20.4. The summed E-state index contributed by atoms with van der Waals surface area (Å²) in [5, 5.41) is 5.77. The molecule has 3 amide bonds. The number of hydrogen-bond acceptors (Lipinski definition) is 2. The number of nitrogens with one attached hydrogen (secondary N) is 2. The van der Waals surface area contributed by atoms with Crippen LogP contribution in [0.25, 0.3) is 0 Å². The minimum atomic E-state index is -0.229. The Morgan fingerprint density at radius 2 is 1.90 bits per heavy atom. The Balaban J connectivity index is 1.67. The topological polar surface area (TPSA) is 61.4 Å². The van der Waals surface area contributed by atoms with E-state index >= 15 is 0 Å². The summed E-state index contributed by atoms with van der Waals surface area (Å²) in [5.41, 5.74) is 1.42. The van der Waals surface area contributed by atoms with Gasteiger partial charge in [-0.3, -0.25) is 9.69 Å². The first-order chi connectivity index (χ1) is 10.1. The first-order valence-electron chi connectivity index (χ1n) is 7.55. The van der Waals surface area contributed by atoms with Gasteiger partial charge >= 0.3 is 6.03 Å². The van der Waals surface area contributed by atoms with Gasteiger partial charge in [-0.25, -0.2) is 4.79 Å². The standard InChI is InChI=1S/C16H21N3O2/c1-16(8-2-3-9-16)14(20)18-12-4-6-13(7-5-12)19-11-10-17-15(19)21/h4-7H,2-3,8-11H2,1H3,(H,17,21)(H,18,20). The number of nitrogens with zero attached hydrogens (tertiary/aromatic N) is 1. The van der Waals surface area contributed by atoms with Crippen LogP contribution in [0.1, 0.15) is 32.6 Å². The molecule has 2 fully saturated rings. The average molecular weight is 287 g/mol. The number of urea groups is 1. The maximum absolute atomic E-state index is 12.3. The molecule has 1 aromatic carbocycles. The van der Waals surface area contributed by atoms with E-state index in [9.17, 15) is 9.59 Å². The van der Waals surface area contributed by atoms with Crippen molar-refractivity contribution in [2.24, 2.45) is 5.41 Å². The lowest BCUT2D eigenvalue weighted by Gasteiger charge is -2.22. The van der Waals surface area contributed by atoms with Crippen molar-refractivity contribution in [1.82, 2.24) is 5.32 Å². The number of hydrogen-bond donors (Lipinski definition) is 2. The molecule has 1 aliphatic heterocycles. The number of benzene rings is 1. The maximum atomic E-state index is 12.3. The highest BCUT2D eigenvalue weighted by Crippen LogP contribution is 2.38. The van der Waals surface area contributed by atoms with Gasteiger partial charge in [-0.2, -0.15) is 0 Å². The number of amides is 3. The van der Waals surface area contributed by atoms with Crippen molar-refractivity contribution in [2.45, 2.75) is 32.6 Å². The van der Waals surface area contributed by atoms with Crippen molar-refractivity contribution in [1.29, 1.82) is 0 Å². The van der Waals surface area contributed by atoms with E-state index in [-0.39, 0.29) is 17.4 Å². The highest BCUT2D eigenvalue weighted by Gasteiger charge is 2.36.